The molecular weight excluding hydrogens is 290 g/mol. The zero-order chi connectivity index (χ0) is 16.4. The Bertz CT molecular complexity index is 635. The van der Waals surface area contributed by atoms with E-state index in [1.165, 1.54) is 6.20 Å². The van der Waals surface area contributed by atoms with Gasteiger partial charge in [0, 0.05) is 30.3 Å². The van der Waals surface area contributed by atoms with Crippen molar-refractivity contribution in [3.05, 3.63) is 29.6 Å². The van der Waals surface area contributed by atoms with E-state index < -0.39 is 5.60 Å². The number of nitriles is 1. The molecule has 0 unspecified atom stereocenters. The van der Waals surface area contributed by atoms with Gasteiger partial charge in [-0.15, -0.1) is 0 Å². The van der Waals surface area contributed by atoms with E-state index in [-0.39, 0.29) is 23.6 Å². The molecule has 0 bridgehead atoms. The number of aromatic nitrogens is 1. The highest BCUT2D eigenvalue weighted by atomic mass is 16.3. The quantitative estimate of drug-likeness (QED) is 0.910. The number of carbonyl (C=O) groups excluding carboxylic acids is 1. The summed E-state index contributed by atoms with van der Waals surface area (Å²) in [6.07, 6.45) is 7.38. The third-order valence-corrected chi connectivity index (χ3v) is 5.39. The highest BCUT2D eigenvalue weighted by Crippen LogP contribution is 2.41. The van der Waals surface area contributed by atoms with Crippen LogP contribution in [0.1, 0.15) is 61.5 Å². The number of carbonyl (C=O) groups is 1. The van der Waals surface area contributed by atoms with Gasteiger partial charge in [0.15, 0.2) is 0 Å². The lowest BCUT2D eigenvalue weighted by Crippen LogP contribution is -2.50. The molecule has 0 aromatic carbocycles. The van der Waals surface area contributed by atoms with Gasteiger partial charge in [0.25, 0.3) is 5.91 Å². The van der Waals surface area contributed by atoms with E-state index in [4.69, 9.17) is 5.26 Å². The summed E-state index contributed by atoms with van der Waals surface area (Å²) in [5, 5.41) is 19.7. The molecule has 3 atom stereocenters. The number of hydrogen-bond acceptors (Lipinski definition) is 4. The molecule has 23 heavy (non-hydrogen) atoms. The molecule has 1 aromatic heterocycles. The van der Waals surface area contributed by atoms with Gasteiger partial charge in [-0.1, -0.05) is 12.8 Å². The summed E-state index contributed by atoms with van der Waals surface area (Å²) in [6, 6.07) is 5.29. The fourth-order valence-corrected chi connectivity index (χ4v) is 4.20. The maximum absolute atomic E-state index is 12.9. The van der Waals surface area contributed by atoms with E-state index in [1.54, 1.807) is 12.1 Å². The Morgan fingerprint density at radius 1 is 1.43 bits per heavy atom. The van der Waals surface area contributed by atoms with Crippen LogP contribution in [0.2, 0.25) is 0 Å². The molecule has 1 amide bonds. The molecule has 122 valence electrons. The summed E-state index contributed by atoms with van der Waals surface area (Å²) in [5.74, 6) is 0.0905. The lowest BCUT2D eigenvalue weighted by molar-refractivity contribution is -0.0577. The van der Waals surface area contributed by atoms with Gasteiger partial charge in [-0.05, 0) is 44.7 Å². The summed E-state index contributed by atoms with van der Waals surface area (Å²) in [7, 11) is 0. The molecule has 5 heteroatoms. The van der Waals surface area contributed by atoms with Gasteiger partial charge in [-0.3, -0.25) is 4.79 Å². The Labute approximate surface area is 136 Å². The van der Waals surface area contributed by atoms with Gasteiger partial charge in [0.2, 0.25) is 0 Å². The molecule has 0 spiro atoms. The summed E-state index contributed by atoms with van der Waals surface area (Å²) < 4.78 is 0. The minimum atomic E-state index is -0.693. The van der Waals surface area contributed by atoms with Crippen molar-refractivity contribution in [3.8, 4) is 6.07 Å². The molecule has 3 rings (SSSR count). The number of aliphatic hydroxyl groups is 1. The first-order chi connectivity index (χ1) is 11.0. The smallest absolute Gasteiger partial charge is 0.254 e. The maximum atomic E-state index is 12.9. The van der Waals surface area contributed by atoms with Crippen molar-refractivity contribution < 1.29 is 9.90 Å². The number of rotatable bonds is 2. The average Bonchev–Trinajstić information content (AvgIpc) is 3.03. The summed E-state index contributed by atoms with van der Waals surface area (Å²) in [6.45, 7) is 2.64. The van der Waals surface area contributed by atoms with Crippen molar-refractivity contribution >= 4 is 5.91 Å². The van der Waals surface area contributed by atoms with Crippen LogP contribution in [0.3, 0.4) is 0 Å². The van der Waals surface area contributed by atoms with Crippen LogP contribution in [-0.4, -0.2) is 39.1 Å². The lowest BCUT2D eigenvalue weighted by atomic mass is 9.72. The van der Waals surface area contributed by atoms with E-state index >= 15 is 0 Å². The highest BCUT2D eigenvalue weighted by molar-refractivity contribution is 5.94. The molecule has 2 heterocycles. The standard InChI is InChI=1S/C18H23N3O2/c1-18(23)8-3-2-5-15(18)16-6-4-10-21(16)17(22)13-7-9-20-14(11-13)12-19/h7,9,11,15-16,23H,2-6,8,10H2,1H3/t15-,16+,18+/m1/s1. The van der Waals surface area contributed by atoms with Crippen LogP contribution >= 0.6 is 0 Å². The normalized spacial score (nSPS) is 30.9. The maximum Gasteiger partial charge on any atom is 0.254 e. The average molecular weight is 313 g/mol. The molecule has 1 saturated heterocycles. The number of hydrogen-bond donors (Lipinski definition) is 1. The summed E-state index contributed by atoms with van der Waals surface area (Å²) in [4.78, 5) is 18.7. The number of pyridine rings is 1. The molecule has 1 saturated carbocycles. The largest absolute Gasteiger partial charge is 0.390 e. The second-order valence-corrected chi connectivity index (χ2v) is 6.96. The first-order valence-corrected chi connectivity index (χ1v) is 8.42. The minimum absolute atomic E-state index is 0.0484. The first kappa shape index (κ1) is 15.9. The molecule has 1 aromatic rings. The van der Waals surface area contributed by atoms with Gasteiger partial charge in [-0.25, -0.2) is 4.98 Å². The van der Waals surface area contributed by atoms with Crippen molar-refractivity contribution in [2.24, 2.45) is 5.92 Å². The number of likely N-dealkylation sites (tertiary alicyclic amines) is 1. The third kappa shape index (κ3) is 3.09. The van der Waals surface area contributed by atoms with Crippen LogP contribution < -0.4 is 0 Å². The fraction of sp³-hybridized carbons (Fsp3) is 0.611. The molecule has 2 fully saturated rings. The zero-order valence-electron chi connectivity index (χ0n) is 13.5. The molecule has 0 radical (unpaired) electrons. The summed E-state index contributed by atoms with van der Waals surface area (Å²) >= 11 is 0. The van der Waals surface area contributed by atoms with Crippen molar-refractivity contribution in [1.82, 2.24) is 9.88 Å². The van der Waals surface area contributed by atoms with Gasteiger partial charge >= 0.3 is 0 Å². The Morgan fingerprint density at radius 2 is 2.26 bits per heavy atom. The molecule has 5 nitrogen and oxygen atoms in total. The van der Waals surface area contributed by atoms with Crippen LogP contribution in [0.25, 0.3) is 0 Å². The Kier molecular flexibility index (Phi) is 4.36. The van der Waals surface area contributed by atoms with Gasteiger partial charge in [-0.2, -0.15) is 5.26 Å². The molecule has 1 N–H and O–H groups in total. The first-order valence-electron chi connectivity index (χ1n) is 8.42. The molecular formula is C18H23N3O2. The fourth-order valence-electron chi connectivity index (χ4n) is 4.20. The van der Waals surface area contributed by atoms with Crippen LogP contribution in [0, 0.1) is 17.2 Å². The highest BCUT2D eigenvalue weighted by Gasteiger charge is 2.44. The predicted molar refractivity (Wildman–Crippen MR) is 85.6 cm³/mol. The predicted octanol–water partition coefficient (Wildman–Crippen LogP) is 2.50. The Morgan fingerprint density at radius 3 is 3.00 bits per heavy atom. The number of nitrogens with zero attached hydrogens (tertiary/aromatic N) is 3. The third-order valence-electron chi connectivity index (χ3n) is 5.39. The van der Waals surface area contributed by atoms with E-state index in [0.717, 1.165) is 45.1 Å². The van der Waals surface area contributed by atoms with Gasteiger partial charge < -0.3 is 10.0 Å². The minimum Gasteiger partial charge on any atom is -0.390 e. The molecule has 1 aliphatic carbocycles. The van der Waals surface area contributed by atoms with E-state index in [1.807, 2.05) is 17.9 Å². The monoisotopic (exact) mass is 313 g/mol. The van der Waals surface area contributed by atoms with Crippen molar-refractivity contribution in [2.45, 2.75) is 57.1 Å². The van der Waals surface area contributed by atoms with Crippen LogP contribution in [0.5, 0.6) is 0 Å². The SMILES string of the molecule is C[C@]1(O)CCCC[C@@H]1[C@@H]1CCCN1C(=O)c1ccnc(C#N)c1. The van der Waals surface area contributed by atoms with Crippen molar-refractivity contribution in [1.29, 1.82) is 5.26 Å². The Balaban J connectivity index is 1.83. The van der Waals surface area contributed by atoms with Gasteiger partial charge in [0.1, 0.15) is 11.8 Å². The van der Waals surface area contributed by atoms with Crippen molar-refractivity contribution in [2.75, 3.05) is 6.54 Å². The Hall–Kier alpha value is -1.93. The topological polar surface area (TPSA) is 77.2 Å². The molecule has 1 aliphatic heterocycles. The van der Waals surface area contributed by atoms with E-state index in [2.05, 4.69) is 4.98 Å². The van der Waals surface area contributed by atoms with Crippen LogP contribution in [0.15, 0.2) is 18.3 Å². The van der Waals surface area contributed by atoms with Crippen LogP contribution in [-0.2, 0) is 0 Å². The van der Waals surface area contributed by atoms with Crippen LogP contribution in [0.4, 0.5) is 0 Å². The van der Waals surface area contributed by atoms with E-state index in [9.17, 15) is 9.90 Å². The molecule has 2 aliphatic rings. The second-order valence-electron chi connectivity index (χ2n) is 6.96. The zero-order valence-corrected chi connectivity index (χ0v) is 13.5. The summed E-state index contributed by atoms with van der Waals surface area (Å²) in [5.41, 5.74) is 0.0807. The van der Waals surface area contributed by atoms with Gasteiger partial charge in [0.05, 0.1) is 5.60 Å². The lowest BCUT2D eigenvalue weighted by Gasteiger charge is -2.43. The second kappa shape index (κ2) is 6.29. The number of amides is 1. The van der Waals surface area contributed by atoms with E-state index in [0.29, 0.717) is 5.56 Å². The van der Waals surface area contributed by atoms with Crippen molar-refractivity contribution in [3.63, 3.8) is 0 Å².